The minimum atomic E-state index is -0.408. The molecule has 0 N–H and O–H groups in total. The van der Waals surface area contributed by atoms with Gasteiger partial charge in [-0.25, -0.2) is 0 Å². The summed E-state index contributed by atoms with van der Waals surface area (Å²) in [6, 6.07) is 24.3. The number of rotatable bonds is 8. The maximum absolute atomic E-state index is 13.1. The molecule has 2 aliphatic heterocycles. The molecule has 0 fully saturated rings. The summed E-state index contributed by atoms with van der Waals surface area (Å²) < 4.78 is 5.97. The first kappa shape index (κ1) is 25.7. The lowest BCUT2D eigenvalue weighted by molar-refractivity contribution is 0.0627. The van der Waals surface area contributed by atoms with E-state index in [0.29, 0.717) is 22.6 Å². The van der Waals surface area contributed by atoms with Gasteiger partial charge in [0.05, 0.1) is 35.3 Å². The second-order valence-electron chi connectivity index (χ2n) is 9.80. The number of imide groups is 2. The van der Waals surface area contributed by atoms with Gasteiger partial charge < -0.3 is 4.74 Å². The van der Waals surface area contributed by atoms with Crippen LogP contribution in [0.5, 0.6) is 11.5 Å². The van der Waals surface area contributed by atoms with E-state index in [1.807, 2.05) is 48.5 Å². The van der Waals surface area contributed by atoms with E-state index in [4.69, 9.17) is 4.74 Å². The molecule has 7 heteroatoms. The highest BCUT2D eigenvalue weighted by Gasteiger charge is 2.37. The third-order valence-corrected chi connectivity index (χ3v) is 7.23. The highest BCUT2D eigenvalue weighted by Crippen LogP contribution is 2.33. The number of hydrogen-bond donors (Lipinski definition) is 0. The molecule has 41 heavy (non-hydrogen) atoms. The molecular weight excluding hydrogens is 516 g/mol. The third-order valence-electron chi connectivity index (χ3n) is 7.23. The van der Waals surface area contributed by atoms with Gasteiger partial charge in [-0.15, -0.1) is 0 Å². The summed E-state index contributed by atoms with van der Waals surface area (Å²) in [4.78, 5) is 54.6. The Kier molecular flexibility index (Phi) is 6.40. The standard InChI is InChI=1S/C34H24N2O5/c1-3-21-5-9-23(10-6-21)19-35-31(37)27-15-13-25(17-29(27)33(35)39)41-26-14-16-28-30(18-26)34(40)36(32(28)38)20-24-11-7-22(4-2)8-12-24/h3-18H,1-2,19-20H2. The van der Waals surface area contributed by atoms with Crippen LogP contribution < -0.4 is 4.74 Å². The second kappa shape index (κ2) is 10.2. The monoisotopic (exact) mass is 540 g/mol. The lowest BCUT2D eigenvalue weighted by Gasteiger charge is -2.14. The summed E-state index contributed by atoms with van der Waals surface area (Å²) in [5.41, 5.74) is 4.63. The minimum Gasteiger partial charge on any atom is -0.457 e. The van der Waals surface area contributed by atoms with E-state index >= 15 is 0 Å². The van der Waals surface area contributed by atoms with E-state index < -0.39 is 11.8 Å². The fourth-order valence-electron chi connectivity index (χ4n) is 4.97. The van der Waals surface area contributed by atoms with Gasteiger partial charge in [0.1, 0.15) is 11.5 Å². The molecule has 7 nitrogen and oxygen atoms in total. The lowest BCUT2D eigenvalue weighted by Crippen LogP contribution is -2.29. The Bertz CT molecular complexity index is 1640. The molecule has 4 amide bonds. The van der Waals surface area contributed by atoms with Crippen LogP contribution in [0.3, 0.4) is 0 Å². The van der Waals surface area contributed by atoms with Crippen LogP contribution in [0.4, 0.5) is 0 Å². The van der Waals surface area contributed by atoms with Crippen LogP contribution in [0.25, 0.3) is 12.2 Å². The minimum absolute atomic E-state index is 0.149. The van der Waals surface area contributed by atoms with Gasteiger partial charge in [-0.05, 0) is 58.7 Å². The first-order valence-corrected chi connectivity index (χ1v) is 13.0. The number of fused-ring (bicyclic) bond motifs is 2. The van der Waals surface area contributed by atoms with Gasteiger partial charge in [-0.2, -0.15) is 0 Å². The van der Waals surface area contributed by atoms with Gasteiger partial charge >= 0.3 is 0 Å². The molecule has 0 atom stereocenters. The molecular formula is C34H24N2O5. The Hall–Kier alpha value is -5.56. The molecule has 0 aliphatic carbocycles. The number of nitrogens with zero attached hydrogens (tertiary/aromatic N) is 2. The molecule has 4 aromatic rings. The Morgan fingerprint density at radius 2 is 0.878 bits per heavy atom. The molecule has 2 aliphatic rings. The maximum atomic E-state index is 13.1. The number of hydrogen-bond acceptors (Lipinski definition) is 5. The van der Waals surface area contributed by atoms with Crippen molar-refractivity contribution in [3.05, 3.63) is 143 Å². The van der Waals surface area contributed by atoms with Crippen LogP contribution in [-0.4, -0.2) is 33.4 Å². The van der Waals surface area contributed by atoms with E-state index in [-0.39, 0.29) is 36.0 Å². The highest BCUT2D eigenvalue weighted by molar-refractivity contribution is 6.22. The molecule has 0 saturated heterocycles. The van der Waals surface area contributed by atoms with Crippen molar-refractivity contribution >= 4 is 35.8 Å². The molecule has 0 saturated carbocycles. The van der Waals surface area contributed by atoms with E-state index in [2.05, 4.69) is 13.2 Å². The van der Waals surface area contributed by atoms with E-state index in [1.54, 1.807) is 36.4 Å². The third kappa shape index (κ3) is 4.63. The number of benzene rings is 4. The van der Waals surface area contributed by atoms with Crippen LogP contribution in [0.2, 0.25) is 0 Å². The number of carbonyl (C=O) groups excluding carboxylic acids is 4. The average Bonchev–Trinajstić information content (AvgIpc) is 3.37. The molecule has 2 heterocycles. The highest BCUT2D eigenvalue weighted by atomic mass is 16.5. The summed E-state index contributed by atoms with van der Waals surface area (Å²) in [5.74, 6) is -0.893. The fourth-order valence-corrected chi connectivity index (χ4v) is 4.97. The van der Waals surface area contributed by atoms with Crippen LogP contribution >= 0.6 is 0 Å². The van der Waals surface area contributed by atoms with Crippen molar-refractivity contribution in [2.45, 2.75) is 13.1 Å². The van der Waals surface area contributed by atoms with Crippen molar-refractivity contribution in [3.63, 3.8) is 0 Å². The van der Waals surface area contributed by atoms with E-state index in [0.717, 1.165) is 22.3 Å². The fraction of sp³-hybridized carbons (Fsp3) is 0.0588. The molecule has 4 aromatic carbocycles. The molecule has 200 valence electrons. The summed E-state index contributed by atoms with van der Waals surface area (Å²) >= 11 is 0. The van der Waals surface area contributed by atoms with Gasteiger partial charge in [0.15, 0.2) is 0 Å². The Labute approximate surface area is 236 Å². The second-order valence-corrected chi connectivity index (χ2v) is 9.80. The summed E-state index contributed by atoms with van der Waals surface area (Å²) in [6.45, 7) is 7.77. The van der Waals surface area contributed by atoms with Crippen molar-refractivity contribution in [3.8, 4) is 11.5 Å². The van der Waals surface area contributed by atoms with Crippen molar-refractivity contribution in [2.75, 3.05) is 0 Å². The van der Waals surface area contributed by atoms with Gasteiger partial charge in [0.2, 0.25) is 0 Å². The van der Waals surface area contributed by atoms with Crippen LogP contribution in [0, 0.1) is 0 Å². The topological polar surface area (TPSA) is 84.0 Å². The Balaban J connectivity index is 1.18. The zero-order valence-electron chi connectivity index (χ0n) is 22.0. The zero-order valence-corrected chi connectivity index (χ0v) is 22.0. The SMILES string of the molecule is C=Cc1ccc(CN2C(=O)c3ccc(Oc4ccc5c(c4)C(=O)N(Cc4ccc(C=C)cc4)C5=O)cc3C2=O)cc1. The molecule has 0 bridgehead atoms. The first-order valence-electron chi connectivity index (χ1n) is 13.0. The van der Waals surface area contributed by atoms with E-state index in [1.165, 1.54) is 21.9 Å². The Morgan fingerprint density at radius 1 is 0.512 bits per heavy atom. The molecule has 0 radical (unpaired) electrons. The van der Waals surface area contributed by atoms with Crippen LogP contribution in [-0.2, 0) is 13.1 Å². The number of amides is 4. The average molecular weight is 541 g/mol. The quantitative estimate of drug-likeness (QED) is 0.243. The number of ether oxygens (including phenoxy) is 1. The molecule has 0 unspecified atom stereocenters. The lowest BCUT2D eigenvalue weighted by atomic mass is 10.1. The predicted octanol–water partition coefficient (Wildman–Crippen LogP) is 6.36. The summed E-state index contributed by atoms with van der Waals surface area (Å²) in [5, 5.41) is 0. The number of carbonyl (C=O) groups is 4. The van der Waals surface area contributed by atoms with Crippen molar-refractivity contribution in [1.82, 2.24) is 9.80 Å². The maximum Gasteiger partial charge on any atom is 0.262 e. The molecule has 0 aromatic heterocycles. The summed E-state index contributed by atoms with van der Waals surface area (Å²) in [6.07, 6.45) is 3.45. The van der Waals surface area contributed by atoms with E-state index in [9.17, 15) is 19.2 Å². The Morgan fingerprint density at radius 3 is 1.24 bits per heavy atom. The largest absolute Gasteiger partial charge is 0.457 e. The van der Waals surface area contributed by atoms with Gasteiger partial charge in [-0.3, -0.25) is 29.0 Å². The van der Waals surface area contributed by atoms with Crippen LogP contribution in [0.1, 0.15) is 63.7 Å². The van der Waals surface area contributed by atoms with Crippen molar-refractivity contribution in [1.29, 1.82) is 0 Å². The van der Waals surface area contributed by atoms with Gasteiger partial charge in [0, 0.05) is 0 Å². The molecule has 0 spiro atoms. The van der Waals surface area contributed by atoms with Crippen molar-refractivity contribution < 1.29 is 23.9 Å². The van der Waals surface area contributed by atoms with Crippen LogP contribution in [0.15, 0.2) is 98.1 Å². The van der Waals surface area contributed by atoms with Crippen molar-refractivity contribution in [2.24, 2.45) is 0 Å². The molecule has 6 rings (SSSR count). The first-order chi connectivity index (χ1) is 19.9. The van der Waals surface area contributed by atoms with Gasteiger partial charge in [0.25, 0.3) is 23.6 Å². The summed E-state index contributed by atoms with van der Waals surface area (Å²) in [7, 11) is 0. The zero-order chi connectivity index (χ0) is 28.7. The smallest absolute Gasteiger partial charge is 0.262 e. The predicted molar refractivity (Wildman–Crippen MR) is 154 cm³/mol. The normalized spacial score (nSPS) is 13.9. The van der Waals surface area contributed by atoms with Gasteiger partial charge in [-0.1, -0.05) is 73.8 Å².